The number of nitrogens with one attached hydrogen (secondary N) is 1. The third kappa shape index (κ3) is 4.33. The molecule has 0 atom stereocenters. The number of likely N-dealkylation sites (tertiary alicyclic amines) is 1. The first kappa shape index (κ1) is 20.9. The van der Waals surface area contributed by atoms with Crippen molar-refractivity contribution < 1.29 is 4.79 Å². The lowest BCUT2D eigenvalue weighted by atomic mass is 9.97. The number of para-hydroxylation sites is 2. The first-order valence-corrected chi connectivity index (χ1v) is 12.1. The fourth-order valence-electron chi connectivity index (χ4n) is 4.68. The van der Waals surface area contributed by atoms with Crippen molar-refractivity contribution in [2.45, 2.75) is 25.9 Å². The number of carbonyl (C=O) groups is 1. The number of piperidine rings is 1. The molecule has 3 heterocycles. The maximum atomic E-state index is 12.9. The monoisotopic (exact) mass is 445 g/mol. The normalized spacial score (nSPS) is 15.4. The van der Waals surface area contributed by atoms with Gasteiger partial charge in [-0.2, -0.15) is 0 Å². The van der Waals surface area contributed by atoms with E-state index in [0.717, 1.165) is 43.5 Å². The molecule has 4 aromatic rings. The molecule has 164 valence electrons. The SMILES string of the molecule is O=C(Cn1c2ccccc2c(=O)c2ccccc21)NCC1CCN(Cc2cccs2)CC1. The van der Waals surface area contributed by atoms with E-state index >= 15 is 0 Å². The van der Waals surface area contributed by atoms with Crippen molar-refractivity contribution in [2.75, 3.05) is 19.6 Å². The number of nitrogens with zero attached hydrogens (tertiary/aromatic N) is 2. The van der Waals surface area contributed by atoms with Crippen LogP contribution in [0.15, 0.2) is 70.8 Å². The minimum atomic E-state index is -0.00929. The minimum absolute atomic E-state index is 0.00929. The van der Waals surface area contributed by atoms with E-state index in [-0.39, 0.29) is 17.9 Å². The van der Waals surface area contributed by atoms with Crippen molar-refractivity contribution in [1.29, 1.82) is 0 Å². The van der Waals surface area contributed by atoms with Gasteiger partial charge in [-0.3, -0.25) is 14.5 Å². The number of carbonyl (C=O) groups excluding carboxylic acids is 1. The van der Waals surface area contributed by atoms with Gasteiger partial charge in [0.25, 0.3) is 0 Å². The number of amides is 1. The van der Waals surface area contributed by atoms with Crippen LogP contribution in [0.4, 0.5) is 0 Å². The van der Waals surface area contributed by atoms with Crippen molar-refractivity contribution in [3.8, 4) is 0 Å². The quantitative estimate of drug-likeness (QED) is 0.452. The Kier molecular flexibility index (Phi) is 6.06. The first-order chi connectivity index (χ1) is 15.7. The van der Waals surface area contributed by atoms with E-state index in [1.54, 1.807) is 0 Å². The maximum absolute atomic E-state index is 12.9. The van der Waals surface area contributed by atoms with Gasteiger partial charge in [0.1, 0.15) is 6.54 Å². The fraction of sp³-hybridized carbons (Fsp3) is 0.308. The van der Waals surface area contributed by atoms with Crippen molar-refractivity contribution in [2.24, 2.45) is 5.92 Å². The van der Waals surface area contributed by atoms with Crippen LogP contribution >= 0.6 is 11.3 Å². The van der Waals surface area contributed by atoms with Gasteiger partial charge in [0, 0.05) is 28.7 Å². The van der Waals surface area contributed by atoms with Gasteiger partial charge in [-0.05, 0) is 67.6 Å². The van der Waals surface area contributed by atoms with Crippen LogP contribution in [-0.2, 0) is 17.9 Å². The number of hydrogen-bond acceptors (Lipinski definition) is 4. The van der Waals surface area contributed by atoms with E-state index in [9.17, 15) is 9.59 Å². The van der Waals surface area contributed by atoms with Gasteiger partial charge in [0.2, 0.25) is 5.91 Å². The number of fused-ring (bicyclic) bond motifs is 2. The van der Waals surface area contributed by atoms with Gasteiger partial charge in [0.15, 0.2) is 5.43 Å². The van der Waals surface area contributed by atoms with E-state index in [1.165, 1.54) is 4.88 Å². The average Bonchev–Trinajstić information content (AvgIpc) is 3.34. The lowest BCUT2D eigenvalue weighted by molar-refractivity contribution is -0.121. The zero-order chi connectivity index (χ0) is 21.9. The van der Waals surface area contributed by atoms with Crippen LogP contribution in [0, 0.1) is 5.92 Å². The molecular weight excluding hydrogens is 418 g/mol. The largest absolute Gasteiger partial charge is 0.354 e. The Morgan fingerprint density at radius 3 is 2.22 bits per heavy atom. The third-order valence-corrected chi connectivity index (χ3v) is 7.30. The number of thiophene rings is 1. The zero-order valence-electron chi connectivity index (χ0n) is 18.0. The zero-order valence-corrected chi connectivity index (χ0v) is 18.8. The van der Waals surface area contributed by atoms with Crippen LogP contribution in [0.3, 0.4) is 0 Å². The Morgan fingerprint density at radius 2 is 1.59 bits per heavy atom. The molecule has 0 radical (unpaired) electrons. The summed E-state index contributed by atoms with van der Waals surface area (Å²) in [6.07, 6.45) is 2.21. The molecule has 1 aliphatic rings. The van der Waals surface area contributed by atoms with Crippen molar-refractivity contribution >= 4 is 39.0 Å². The Labute approximate surface area is 191 Å². The molecule has 1 saturated heterocycles. The highest BCUT2D eigenvalue weighted by Crippen LogP contribution is 2.21. The van der Waals surface area contributed by atoms with Crippen LogP contribution in [0.5, 0.6) is 0 Å². The molecule has 1 aliphatic heterocycles. The predicted molar refractivity (Wildman–Crippen MR) is 131 cm³/mol. The maximum Gasteiger partial charge on any atom is 0.239 e. The molecule has 0 bridgehead atoms. The van der Waals surface area contributed by atoms with Gasteiger partial charge < -0.3 is 9.88 Å². The van der Waals surface area contributed by atoms with Gasteiger partial charge >= 0.3 is 0 Å². The molecule has 2 aromatic carbocycles. The summed E-state index contributed by atoms with van der Waals surface area (Å²) in [4.78, 5) is 29.7. The molecule has 1 amide bonds. The average molecular weight is 446 g/mol. The van der Waals surface area contributed by atoms with Crippen molar-refractivity contribution in [3.63, 3.8) is 0 Å². The summed E-state index contributed by atoms with van der Waals surface area (Å²) in [6, 6.07) is 19.4. The van der Waals surface area contributed by atoms with E-state index < -0.39 is 0 Å². The highest BCUT2D eigenvalue weighted by Gasteiger charge is 2.20. The molecule has 0 unspecified atom stereocenters. The third-order valence-electron chi connectivity index (χ3n) is 6.44. The van der Waals surface area contributed by atoms with E-state index in [2.05, 4.69) is 27.7 Å². The summed E-state index contributed by atoms with van der Waals surface area (Å²) in [5.74, 6) is 0.506. The Balaban J connectivity index is 1.24. The number of rotatable bonds is 6. The van der Waals surface area contributed by atoms with E-state index in [4.69, 9.17) is 0 Å². The standard InChI is InChI=1S/C26H27N3O2S/c30-25(27-16-19-11-13-28(14-12-19)17-20-6-5-15-32-20)18-29-23-9-3-1-7-21(23)26(31)22-8-2-4-10-24(22)29/h1-10,15,19H,11-14,16-18H2,(H,27,30). The molecule has 0 spiro atoms. The summed E-state index contributed by atoms with van der Waals surface area (Å²) >= 11 is 1.81. The Morgan fingerprint density at radius 1 is 0.938 bits per heavy atom. The number of aromatic nitrogens is 1. The molecule has 0 saturated carbocycles. The van der Waals surface area contributed by atoms with Crippen molar-refractivity contribution in [3.05, 3.63) is 81.1 Å². The summed E-state index contributed by atoms with van der Waals surface area (Å²) in [5, 5.41) is 6.58. The lowest BCUT2D eigenvalue weighted by Gasteiger charge is -2.31. The molecular formula is C26H27N3O2S. The summed E-state index contributed by atoms with van der Waals surface area (Å²) in [7, 11) is 0. The minimum Gasteiger partial charge on any atom is -0.354 e. The lowest BCUT2D eigenvalue weighted by Crippen LogP contribution is -2.39. The Bertz CT molecular complexity index is 1230. The second-order valence-corrected chi connectivity index (χ2v) is 9.58. The van der Waals surface area contributed by atoms with E-state index in [1.807, 2.05) is 64.4 Å². The van der Waals surface area contributed by atoms with Crippen LogP contribution in [0.2, 0.25) is 0 Å². The number of hydrogen-bond donors (Lipinski definition) is 1. The van der Waals surface area contributed by atoms with Crippen LogP contribution in [-0.4, -0.2) is 35.0 Å². The van der Waals surface area contributed by atoms with Gasteiger partial charge in [0.05, 0.1) is 11.0 Å². The number of pyridine rings is 1. The predicted octanol–water partition coefficient (Wildman–Crippen LogP) is 4.24. The molecule has 1 N–H and O–H groups in total. The molecule has 5 nitrogen and oxygen atoms in total. The van der Waals surface area contributed by atoms with Gasteiger partial charge in [-0.1, -0.05) is 30.3 Å². The molecule has 5 rings (SSSR count). The van der Waals surface area contributed by atoms with Crippen LogP contribution < -0.4 is 10.7 Å². The van der Waals surface area contributed by atoms with Gasteiger partial charge in [-0.25, -0.2) is 0 Å². The molecule has 32 heavy (non-hydrogen) atoms. The first-order valence-electron chi connectivity index (χ1n) is 11.2. The molecule has 1 fully saturated rings. The molecule has 6 heteroatoms. The van der Waals surface area contributed by atoms with Gasteiger partial charge in [-0.15, -0.1) is 11.3 Å². The number of benzene rings is 2. The second kappa shape index (κ2) is 9.27. The fourth-order valence-corrected chi connectivity index (χ4v) is 5.42. The topological polar surface area (TPSA) is 54.3 Å². The second-order valence-electron chi connectivity index (χ2n) is 8.55. The summed E-state index contributed by atoms with van der Waals surface area (Å²) in [5.41, 5.74) is 1.61. The van der Waals surface area contributed by atoms with Crippen molar-refractivity contribution in [1.82, 2.24) is 14.8 Å². The smallest absolute Gasteiger partial charge is 0.239 e. The van der Waals surface area contributed by atoms with E-state index in [0.29, 0.717) is 23.2 Å². The van der Waals surface area contributed by atoms with Crippen LogP contribution in [0.1, 0.15) is 17.7 Å². The van der Waals surface area contributed by atoms with Crippen LogP contribution in [0.25, 0.3) is 21.8 Å². The highest BCUT2D eigenvalue weighted by molar-refractivity contribution is 7.09. The molecule has 2 aromatic heterocycles. The Hall–Kier alpha value is -2.96. The summed E-state index contributed by atoms with van der Waals surface area (Å²) in [6.45, 7) is 4.10. The highest BCUT2D eigenvalue weighted by atomic mass is 32.1. The molecule has 0 aliphatic carbocycles. The summed E-state index contributed by atoms with van der Waals surface area (Å²) < 4.78 is 1.96.